The molecule has 1 atom stereocenters. The van der Waals surface area contributed by atoms with Crippen molar-refractivity contribution in [2.45, 2.75) is 82.5 Å². The van der Waals surface area contributed by atoms with Crippen LogP contribution in [0.2, 0.25) is 0 Å². The van der Waals surface area contributed by atoms with Gasteiger partial charge in [-0.15, -0.1) is 0 Å². The van der Waals surface area contributed by atoms with Crippen LogP contribution < -0.4 is 5.32 Å². The van der Waals surface area contributed by atoms with E-state index in [1.807, 2.05) is 44.2 Å². The molecule has 180 valence electrons. The monoisotopic (exact) mass is 469 g/mol. The zero-order valence-corrected chi connectivity index (χ0v) is 18.7. The highest BCUT2D eigenvalue weighted by molar-refractivity contribution is 6.01. The topological polar surface area (TPSA) is 46.9 Å². The van der Waals surface area contributed by atoms with Crippen LogP contribution in [0.3, 0.4) is 0 Å². The lowest BCUT2D eigenvalue weighted by atomic mass is 9.66. The molecule has 1 N–H and O–H groups in total. The maximum atomic E-state index is 14.7. The molecule has 4 nitrogen and oxygen atoms in total. The quantitative estimate of drug-likeness (QED) is 0.383. The van der Waals surface area contributed by atoms with Crippen LogP contribution in [-0.2, 0) is 5.54 Å². The SMILES string of the molecule is CC1(C)CC(c2ccccc2)Nc2c(C(=O)CC3(C(F)(F)C(F)(F)F)CCCCC3)cnn21. The number of carbonyl (C=O) groups is 1. The lowest BCUT2D eigenvalue weighted by molar-refractivity contribution is -0.330. The van der Waals surface area contributed by atoms with Gasteiger partial charge in [-0.2, -0.15) is 27.1 Å². The van der Waals surface area contributed by atoms with Gasteiger partial charge in [-0.3, -0.25) is 4.79 Å². The first-order chi connectivity index (χ1) is 15.4. The number of benzene rings is 1. The fourth-order valence-corrected chi connectivity index (χ4v) is 5.37. The number of hydrogen-bond donors (Lipinski definition) is 1. The molecule has 2 aromatic rings. The molecule has 1 fully saturated rings. The highest BCUT2D eigenvalue weighted by atomic mass is 19.4. The highest BCUT2D eigenvalue weighted by Crippen LogP contribution is 2.57. The number of Topliss-reactive ketones (excluding diaryl/α,β-unsaturated/α-hetero) is 1. The number of halogens is 5. The van der Waals surface area contributed by atoms with Gasteiger partial charge in [0.2, 0.25) is 0 Å². The van der Waals surface area contributed by atoms with E-state index in [4.69, 9.17) is 0 Å². The van der Waals surface area contributed by atoms with Gasteiger partial charge in [-0.25, -0.2) is 4.68 Å². The normalized spacial score (nSPS) is 22.3. The minimum absolute atomic E-state index is 0.0617. The number of alkyl halides is 5. The van der Waals surface area contributed by atoms with Crippen molar-refractivity contribution in [2.75, 3.05) is 5.32 Å². The molecule has 0 saturated heterocycles. The van der Waals surface area contributed by atoms with Gasteiger partial charge in [-0.05, 0) is 38.7 Å². The summed E-state index contributed by atoms with van der Waals surface area (Å²) in [6.45, 7) is 3.91. The molecule has 2 heterocycles. The van der Waals surface area contributed by atoms with Gasteiger partial charge in [0.25, 0.3) is 0 Å². The number of nitrogens with one attached hydrogen (secondary N) is 1. The minimum atomic E-state index is -5.71. The maximum Gasteiger partial charge on any atom is 0.453 e. The molecule has 9 heteroatoms. The third-order valence-electron chi connectivity index (χ3n) is 7.19. The van der Waals surface area contributed by atoms with Crippen molar-refractivity contribution in [2.24, 2.45) is 5.41 Å². The Morgan fingerprint density at radius 3 is 2.33 bits per heavy atom. The number of rotatable bonds is 5. The minimum Gasteiger partial charge on any atom is -0.363 e. The standard InChI is InChI=1S/C24H28F5N3O/c1-21(2)13-18(16-9-5-3-6-10-16)31-20-17(15-30-32(20)21)19(33)14-22(11-7-4-8-12-22)23(25,26)24(27,28)29/h3,5-6,9-10,15,18,31H,4,7-8,11-14H2,1-2H3. The Morgan fingerprint density at radius 1 is 1.09 bits per heavy atom. The Hall–Kier alpha value is -2.45. The number of ketones is 1. The lowest BCUT2D eigenvalue weighted by Gasteiger charge is -2.43. The lowest BCUT2D eigenvalue weighted by Crippen LogP contribution is -2.53. The fourth-order valence-electron chi connectivity index (χ4n) is 5.37. The van der Waals surface area contributed by atoms with Crippen LogP contribution in [0.15, 0.2) is 36.5 Å². The number of carbonyl (C=O) groups excluding carboxylic acids is 1. The molecule has 1 aliphatic carbocycles. The van der Waals surface area contributed by atoms with E-state index >= 15 is 0 Å². The Morgan fingerprint density at radius 2 is 1.73 bits per heavy atom. The van der Waals surface area contributed by atoms with E-state index in [2.05, 4.69) is 10.4 Å². The molecular weight excluding hydrogens is 441 g/mol. The second-order valence-corrected chi connectivity index (χ2v) is 9.96. The van der Waals surface area contributed by atoms with E-state index in [0.717, 1.165) is 5.56 Å². The van der Waals surface area contributed by atoms with E-state index in [-0.39, 0.29) is 37.3 Å². The van der Waals surface area contributed by atoms with Crippen LogP contribution >= 0.6 is 0 Å². The molecule has 1 saturated carbocycles. The van der Waals surface area contributed by atoms with Crippen LogP contribution in [0.4, 0.5) is 27.8 Å². The summed E-state index contributed by atoms with van der Waals surface area (Å²) >= 11 is 0. The average Bonchev–Trinajstić information content (AvgIpc) is 3.19. The van der Waals surface area contributed by atoms with Gasteiger partial charge in [0.1, 0.15) is 5.82 Å². The van der Waals surface area contributed by atoms with Crippen molar-refractivity contribution in [1.29, 1.82) is 0 Å². The first-order valence-corrected chi connectivity index (χ1v) is 11.3. The van der Waals surface area contributed by atoms with Crippen molar-refractivity contribution in [3.63, 3.8) is 0 Å². The Balaban J connectivity index is 1.68. The predicted octanol–water partition coefficient (Wildman–Crippen LogP) is 6.90. The third kappa shape index (κ3) is 4.04. The summed E-state index contributed by atoms with van der Waals surface area (Å²) in [6, 6.07) is 9.42. The summed E-state index contributed by atoms with van der Waals surface area (Å²) in [5.74, 6) is -5.31. The predicted molar refractivity (Wildman–Crippen MR) is 114 cm³/mol. The van der Waals surface area contributed by atoms with Crippen molar-refractivity contribution >= 4 is 11.6 Å². The summed E-state index contributed by atoms with van der Waals surface area (Å²) in [5, 5.41) is 7.60. The number of anilines is 1. The second kappa shape index (κ2) is 8.09. The third-order valence-corrected chi connectivity index (χ3v) is 7.19. The van der Waals surface area contributed by atoms with Gasteiger partial charge in [0.05, 0.1) is 28.8 Å². The van der Waals surface area contributed by atoms with Crippen LogP contribution in [0.1, 0.15) is 80.8 Å². The Labute approximate surface area is 189 Å². The summed E-state index contributed by atoms with van der Waals surface area (Å²) < 4.78 is 71.2. The smallest absolute Gasteiger partial charge is 0.363 e. The molecule has 1 aromatic heterocycles. The number of fused-ring (bicyclic) bond motifs is 1. The fraction of sp³-hybridized carbons (Fsp3) is 0.583. The first kappa shape index (κ1) is 23.7. The van der Waals surface area contributed by atoms with Gasteiger partial charge >= 0.3 is 12.1 Å². The van der Waals surface area contributed by atoms with Crippen molar-refractivity contribution in [3.8, 4) is 0 Å². The van der Waals surface area contributed by atoms with Gasteiger partial charge in [0.15, 0.2) is 5.78 Å². The average molecular weight is 469 g/mol. The molecule has 0 amide bonds. The molecule has 0 radical (unpaired) electrons. The molecule has 0 spiro atoms. The molecule has 4 rings (SSSR count). The molecule has 1 aliphatic heterocycles. The van der Waals surface area contributed by atoms with Gasteiger partial charge in [0, 0.05) is 6.42 Å². The van der Waals surface area contributed by atoms with Crippen molar-refractivity contribution in [1.82, 2.24) is 9.78 Å². The second-order valence-electron chi connectivity index (χ2n) is 9.96. The number of nitrogens with zero attached hydrogens (tertiary/aromatic N) is 2. The number of hydrogen-bond acceptors (Lipinski definition) is 3. The zero-order valence-electron chi connectivity index (χ0n) is 18.7. The Kier molecular flexibility index (Phi) is 5.81. The van der Waals surface area contributed by atoms with E-state index < -0.39 is 35.3 Å². The first-order valence-electron chi connectivity index (χ1n) is 11.3. The molecule has 1 unspecified atom stereocenters. The molecule has 33 heavy (non-hydrogen) atoms. The van der Waals surface area contributed by atoms with E-state index in [1.54, 1.807) is 4.68 Å². The van der Waals surface area contributed by atoms with Crippen molar-refractivity contribution in [3.05, 3.63) is 47.7 Å². The summed E-state index contributed by atoms with van der Waals surface area (Å²) in [6.07, 6.45) is -4.21. The van der Waals surface area contributed by atoms with E-state index in [9.17, 15) is 26.7 Å². The van der Waals surface area contributed by atoms with E-state index in [1.165, 1.54) is 6.20 Å². The molecule has 1 aromatic carbocycles. The largest absolute Gasteiger partial charge is 0.453 e. The molecule has 0 bridgehead atoms. The summed E-state index contributed by atoms with van der Waals surface area (Å²) in [7, 11) is 0. The van der Waals surface area contributed by atoms with Crippen LogP contribution in [-0.4, -0.2) is 27.7 Å². The maximum absolute atomic E-state index is 14.7. The molecular formula is C24H28F5N3O. The van der Waals surface area contributed by atoms with Crippen LogP contribution in [0.25, 0.3) is 0 Å². The summed E-state index contributed by atoms with van der Waals surface area (Å²) in [4.78, 5) is 13.3. The van der Waals surface area contributed by atoms with E-state index in [0.29, 0.717) is 18.7 Å². The summed E-state index contributed by atoms with van der Waals surface area (Å²) in [5.41, 5.74) is -1.87. The Bertz CT molecular complexity index is 1010. The molecule has 2 aliphatic rings. The van der Waals surface area contributed by atoms with Crippen molar-refractivity contribution < 1.29 is 26.7 Å². The van der Waals surface area contributed by atoms with Gasteiger partial charge in [-0.1, -0.05) is 49.6 Å². The van der Waals surface area contributed by atoms with Crippen LogP contribution in [0.5, 0.6) is 0 Å². The zero-order chi connectivity index (χ0) is 24.1. The highest BCUT2D eigenvalue weighted by Gasteiger charge is 2.69. The number of aromatic nitrogens is 2. The van der Waals surface area contributed by atoms with Gasteiger partial charge < -0.3 is 5.32 Å². The van der Waals surface area contributed by atoms with Crippen LogP contribution in [0, 0.1) is 5.41 Å².